The number of nitrogens with two attached hydrogens (primary N) is 1. The minimum Gasteiger partial charge on any atom is -0.483 e. The second-order valence-corrected chi connectivity index (χ2v) is 4.83. The Kier molecular flexibility index (Phi) is 4.11. The van der Waals surface area contributed by atoms with Crippen LogP contribution in [0.25, 0.3) is 0 Å². The van der Waals surface area contributed by atoms with Gasteiger partial charge in [0.15, 0.2) is 0 Å². The maximum Gasteiger partial charge on any atom is 0.419 e. The fourth-order valence-corrected chi connectivity index (χ4v) is 2.42. The highest BCUT2D eigenvalue weighted by Crippen LogP contribution is 2.37. The summed E-state index contributed by atoms with van der Waals surface area (Å²) in [5, 5.41) is 1.83. The highest BCUT2D eigenvalue weighted by atomic mass is 32.1. The monoisotopic (exact) mass is 287 g/mol. The highest BCUT2D eigenvalue weighted by Gasteiger charge is 2.34. The zero-order chi connectivity index (χ0) is 13.9. The first-order chi connectivity index (χ1) is 9.02. The van der Waals surface area contributed by atoms with Crippen LogP contribution in [-0.2, 0) is 6.18 Å². The molecule has 1 heterocycles. The fourth-order valence-electron chi connectivity index (χ4n) is 1.65. The topological polar surface area (TPSA) is 35.2 Å². The van der Waals surface area contributed by atoms with E-state index in [1.807, 2.05) is 11.4 Å². The zero-order valence-corrected chi connectivity index (χ0v) is 10.7. The molecule has 6 heteroatoms. The van der Waals surface area contributed by atoms with E-state index in [2.05, 4.69) is 0 Å². The van der Waals surface area contributed by atoms with Gasteiger partial charge in [0.05, 0.1) is 5.56 Å². The predicted molar refractivity (Wildman–Crippen MR) is 68.2 cm³/mol. The van der Waals surface area contributed by atoms with E-state index in [1.54, 1.807) is 6.07 Å². The van der Waals surface area contributed by atoms with E-state index >= 15 is 0 Å². The highest BCUT2D eigenvalue weighted by molar-refractivity contribution is 7.10. The molecule has 0 saturated heterocycles. The number of hydrogen-bond donors (Lipinski definition) is 1. The van der Waals surface area contributed by atoms with Gasteiger partial charge >= 0.3 is 6.18 Å². The number of alkyl halides is 3. The summed E-state index contributed by atoms with van der Waals surface area (Å²) in [6, 6.07) is 8.74. The Morgan fingerprint density at radius 1 is 1.16 bits per heavy atom. The lowest BCUT2D eigenvalue weighted by molar-refractivity contribution is -0.139. The van der Waals surface area contributed by atoms with E-state index in [4.69, 9.17) is 10.5 Å². The first-order valence-corrected chi connectivity index (χ1v) is 6.46. The molecule has 2 N–H and O–H groups in total. The minimum absolute atomic E-state index is 0.118. The SMILES string of the molecule is NCC(Oc1ccccc1C(F)(F)F)c1cccs1. The smallest absolute Gasteiger partial charge is 0.419 e. The van der Waals surface area contributed by atoms with Gasteiger partial charge in [0, 0.05) is 11.4 Å². The molecule has 0 amide bonds. The molecule has 0 radical (unpaired) electrons. The van der Waals surface area contributed by atoms with Gasteiger partial charge in [-0.3, -0.25) is 0 Å². The second kappa shape index (κ2) is 5.63. The van der Waals surface area contributed by atoms with Crippen LogP contribution in [0.5, 0.6) is 5.75 Å². The fraction of sp³-hybridized carbons (Fsp3) is 0.231. The van der Waals surface area contributed by atoms with Crippen molar-refractivity contribution in [3.63, 3.8) is 0 Å². The van der Waals surface area contributed by atoms with Crippen LogP contribution in [0.1, 0.15) is 16.5 Å². The first kappa shape index (κ1) is 13.9. The number of rotatable bonds is 4. The average molecular weight is 287 g/mol. The van der Waals surface area contributed by atoms with Crippen molar-refractivity contribution in [2.24, 2.45) is 5.73 Å². The van der Waals surface area contributed by atoms with Gasteiger partial charge in [-0.25, -0.2) is 0 Å². The molecular formula is C13H12F3NOS. The average Bonchev–Trinajstić information content (AvgIpc) is 2.89. The Morgan fingerprint density at radius 2 is 1.89 bits per heavy atom. The van der Waals surface area contributed by atoms with Crippen LogP contribution in [0.4, 0.5) is 13.2 Å². The van der Waals surface area contributed by atoms with Crippen molar-refractivity contribution in [1.82, 2.24) is 0 Å². The van der Waals surface area contributed by atoms with Crippen molar-refractivity contribution in [2.45, 2.75) is 12.3 Å². The summed E-state index contributed by atoms with van der Waals surface area (Å²) in [7, 11) is 0. The standard InChI is InChI=1S/C13H12F3NOS/c14-13(15,16)9-4-1-2-5-10(9)18-11(8-17)12-6-3-7-19-12/h1-7,11H,8,17H2. The molecule has 0 saturated carbocycles. The lowest BCUT2D eigenvalue weighted by Crippen LogP contribution is -2.19. The molecule has 2 aromatic rings. The van der Waals surface area contributed by atoms with Gasteiger partial charge in [-0.05, 0) is 23.6 Å². The van der Waals surface area contributed by atoms with Crippen molar-refractivity contribution in [3.8, 4) is 5.75 Å². The molecular weight excluding hydrogens is 275 g/mol. The van der Waals surface area contributed by atoms with Crippen molar-refractivity contribution in [2.75, 3.05) is 6.54 Å². The summed E-state index contributed by atoms with van der Waals surface area (Å²) in [6.07, 6.45) is -5.01. The Bertz CT molecular complexity index is 525. The van der Waals surface area contributed by atoms with Crippen LogP contribution in [0.2, 0.25) is 0 Å². The molecule has 0 aliphatic rings. The first-order valence-electron chi connectivity index (χ1n) is 5.58. The van der Waals surface area contributed by atoms with Crippen molar-refractivity contribution in [3.05, 3.63) is 52.2 Å². The van der Waals surface area contributed by atoms with Crippen LogP contribution >= 0.6 is 11.3 Å². The van der Waals surface area contributed by atoms with Crippen LogP contribution in [0, 0.1) is 0 Å². The molecule has 0 aliphatic heterocycles. The van der Waals surface area contributed by atoms with Crippen molar-refractivity contribution >= 4 is 11.3 Å². The van der Waals surface area contributed by atoms with Gasteiger partial charge in [-0.2, -0.15) is 13.2 Å². The molecule has 19 heavy (non-hydrogen) atoms. The summed E-state index contributed by atoms with van der Waals surface area (Å²) in [6.45, 7) is 0.118. The number of ether oxygens (including phenoxy) is 1. The Labute approximate surface area is 112 Å². The Hall–Kier alpha value is -1.53. The van der Waals surface area contributed by atoms with E-state index in [1.165, 1.54) is 29.5 Å². The molecule has 0 fully saturated rings. The number of halogens is 3. The van der Waals surface area contributed by atoms with E-state index in [-0.39, 0.29) is 12.3 Å². The lowest BCUT2D eigenvalue weighted by atomic mass is 10.2. The number of hydrogen-bond acceptors (Lipinski definition) is 3. The third-order valence-electron chi connectivity index (χ3n) is 2.54. The van der Waals surface area contributed by atoms with Crippen LogP contribution < -0.4 is 10.5 Å². The van der Waals surface area contributed by atoms with Gasteiger partial charge in [-0.1, -0.05) is 18.2 Å². The third-order valence-corrected chi connectivity index (χ3v) is 3.50. The van der Waals surface area contributed by atoms with Crippen molar-refractivity contribution in [1.29, 1.82) is 0 Å². The molecule has 1 unspecified atom stereocenters. The van der Waals surface area contributed by atoms with Crippen LogP contribution in [0.3, 0.4) is 0 Å². The maximum atomic E-state index is 12.8. The summed E-state index contributed by atoms with van der Waals surface area (Å²) in [4.78, 5) is 0.805. The number of para-hydroxylation sites is 1. The van der Waals surface area contributed by atoms with Gasteiger partial charge in [0.1, 0.15) is 11.9 Å². The molecule has 0 spiro atoms. The summed E-state index contributed by atoms with van der Waals surface area (Å²) < 4.78 is 43.9. The van der Waals surface area contributed by atoms with Gasteiger partial charge in [-0.15, -0.1) is 11.3 Å². The molecule has 1 atom stereocenters. The van der Waals surface area contributed by atoms with Gasteiger partial charge < -0.3 is 10.5 Å². The van der Waals surface area contributed by atoms with E-state index in [0.29, 0.717) is 0 Å². The normalized spacial score (nSPS) is 13.3. The number of benzene rings is 1. The third kappa shape index (κ3) is 3.27. The molecule has 1 aromatic heterocycles. The van der Waals surface area contributed by atoms with Gasteiger partial charge in [0.25, 0.3) is 0 Å². The Balaban J connectivity index is 2.28. The van der Waals surface area contributed by atoms with E-state index < -0.39 is 17.8 Å². The summed E-state index contributed by atoms with van der Waals surface area (Å²) in [5.41, 5.74) is 4.78. The molecule has 2 rings (SSSR count). The number of thiophene rings is 1. The molecule has 0 bridgehead atoms. The predicted octanol–water partition coefficient (Wildman–Crippen LogP) is 3.85. The van der Waals surface area contributed by atoms with E-state index in [9.17, 15) is 13.2 Å². The summed E-state index contributed by atoms with van der Waals surface area (Å²) >= 11 is 1.40. The molecule has 102 valence electrons. The molecule has 2 nitrogen and oxygen atoms in total. The maximum absolute atomic E-state index is 12.8. The second-order valence-electron chi connectivity index (χ2n) is 3.85. The van der Waals surface area contributed by atoms with Crippen molar-refractivity contribution < 1.29 is 17.9 Å². The quantitative estimate of drug-likeness (QED) is 0.927. The molecule has 1 aromatic carbocycles. The largest absolute Gasteiger partial charge is 0.483 e. The summed E-state index contributed by atoms with van der Waals surface area (Å²) in [5.74, 6) is -0.196. The van der Waals surface area contributed by atoms with Crippen LogP contribution in [0.15, 0.2) is 41.8 Å². The molecule has 0 aliphatic carbocycles. The Morgan fingerprint density at radius 3 is 2.47 bits per heavy atom. The minimum atomic E-state index is -4.44. The van der Waals surface area contributed by atoms with E-state index in [0.717, 1.165) is 10.9 Å². The lowest BCUT2D eigenvalue weighted by Gasteiger charge is -2.19. The van der Waals surface area contributed by atoms with Crippen LogP contribution in [-0.4, -0.2) is 6.54 Å². The van der Waals surface area contributed by atoms with Gasteiger partial charge in [0.2, 0.25) is 0 Å². The zero-order valence-electron chi connectivity index (χ0n) is 9.85.